The zero-order valence-corrected chi connectivity index (χ0v) is 38.6. The lowest BCUT2D eigenvalue weighted by Gasteiger charge is -2.18. The van der Waals surface area contributed by atoms with Gasteiger partial charge in [0.05, 0.1) is 0 Å². The molecule has 0 rings (SSSR count). The van der Waals surface area contributed by atoms with Crippen molar-refractivity contribution in [2.24, 2.45) is 0 Å². The third-order valence-electron chi connectivity index (χ3n) is 10.9. The fourth-order valence-corrected chi connectivity index (χ4v) is 7.12. The van der Waals surface area contributed by atoms with Crippen LogP contribution in [0.5, 0.6) is 0 Å². The average molecular weight is 815 g/mol. The lowest BCUT2D eigenvalue weighted by atomic mass is 10.0. The van der Waals surface area contributed by atoms with E-state index in [2.05, 4.69) is 57.2 Å². The summed E-state index contributed by atoms with van der Waals surface area (Å²) in [5.41, 5.74) is 0. The van der Waals surface area contributed by atoms with Crippen molar-refractivity contribution in [3.05, 3.63) is 36.5 Å². The van der Waals surface area contributed by atoms with E-state index in [-0.39, 0.29) is 31.1 Å². The highest BCUT2D eigenvalue weighted by molar-refractivity contribution is 5.71. The Hall–Kier alpha value is -2.37. The predicted molar refractivity (Wildman–Crippen MR) is 247 cm³/mol. The molecule has 0 aliphatic carbocycles. The van der Waals surface area contributed by atoms with Crippen LogP contribution in [0.4, 0.5) is 0 Å². The molecule has 0 aromatic rings. The normalized spacial score (nSPS) is 12.3. The van der Waals surface area contributed by atoms with Gasteiger partial charge in [0.2, 0.25) is 0 Å². The van der Waals surface area contributed by atoms with E-state index < -0.39 is 6.10 Å². The molecule has 0 bridgehead atoms. The van der Waals surface area contributed by atoms with Gasteiger partial charge in [0.1, 0.15) is 13.2 Å². The monoisotopic (exact) mass is 815 g/mol. The number of unbranched alkanes of at least 4 members (excludes halogenated alkanes) is 28. The molecule has 1 atom stereocenters. The number of esters is 3. The summed E-state index contributed by atoms with van der Waals surface area (Å²) >= 11 is 0. The summed E-state index contributed by atoms with van der Waals surface area (Å²) in [7, 11) is 0. The second-order valence-electron chi connectivity index (χ2n) is 16.7. The molecule has 0 aromatic carbocycles. The van der Waals surface area contributed by atoms with E-state index in [4.69, 9.17) is 14.2 Å². The minimum absolute atomic E-state index is 0.0842. The number of hydrogen-bond acceptors (Lipinski definition) is 6. The van der Waals surface area contributed by atoms with Gasteiger partial charge in [0.15, 0.2) is 6.10 Å². The number of allylic oxidation sites excluding steroid dienone is 6. The summed E-state index contributed by atoms with van der Waals surface area (Å²) in [6.45, 7) is 6.49. The molecule has 0 radical (unpaired) electrons. The van der Waals surface area contributed by atoms with E-state index in [1.807, 2.05) is 0 Å². The Morgan fingerprint density at radius 2 is 0.672 bits per heavy atom. The Balaban J connectivity index is 4.33. The Kier molecular flexibility index (Phi) is 45.4. The van der Waals surface area contributed by atoms with Gasteiger partial charge in [0.25, 0.3) is 0 Å². The van der Waals surface area contributed by atoms with Gasteiger partial charge in [-0.3, -0.25) is 14.4 Å². The maximum Gasteiger partial charge on any atom is 0.306 e. The number of ether oxygens (including phenoxy) is 3. The van der Waals surface area contributed by atoms with E-state index in [0.29, 0.717) is 19.3 Å². The molecule has 338 valence electrons. The van der Waals surface area contributed by atoms with Crippen molar-refractivity contribution in [2.45, 2.75) is 264 Å². The summed E-state index contributed by atoms with van der Waals surface area (Å²) in [6.07, 6.45) is 54.3. The van der Waals surface area contributed by atoms with Crippen LogP contribution < -0.4 is 0 Å². The molecular weight excluding hydrogens is 721 g/mol. The molecule has 6 heteroatoms. The molecule has 0 fully saturated rings. The molecule has 0 spiro atoms. The smallest absolute Gasteiger partial charge is 0.306 e. The van der Waals surface area contributed by atoms with Gasteiger partial charge in [0, 0.05) is 19.3 Å². The maximum atomic E-state index is 12.8. The summed E-state index contributed by atoms with van der Waals surface area (Å²) < 4.78 is 16.7. The van der Waals surface area contributed by atoms with Crippen LogP contribution in [0.25, 0.3) is 0 Å². The SMILES string of the molecule is CC/C=C\C/C=C\CCCCC(=O)OCC(COC(=O)CCCCCCC/C=C\CCCCCCCCC)OC(=O)CCCCCCCCCCCCCCCCC. The largest absolute Gasteiger partial charge is 0.462 e. The average Bonchev–Trinajstić information content (AvgIpc) is 3.22. The first-order chi connectivity index (χ1) is 28.5. The van der Waals surface area contributed by atoms with Crippen molar-refractivity contribution < 1.29 is 28.6 Å². The molecule has 0 saturated heterocycles. The van der Waals surface area contributed by atoms with Crippen molar-refractivity contribution in [1.82, 2.24) is 0 Å². The molecule has 58 heavy (non-hydrogen) atoms. The molecule has 0 aliphatic heterocycles. The van der Waals surface area contributed by atoms with Gasteiger partial charge >= 0.3 is 17.9 Å². The van der Waals surface area contributed by atoms with E-state index in [0.717, 1.165) is 77.0 Å². The molecule has 0 amide bonds. The second-order valence-corrected chi connectivity index (χ2v) is 16.7. The van der Waals surface area contributed by atoms with Crippen molar-refractivity contribution in [3.63, 3.8) is 0 Å². The molecule has 0 saturated carbocycles. The number of carbonyl (C=O) groups is 3. The Bertz CT molecular complexity index is 984. The number of carbonyl (C=O) groups excluding carboxylic acids is 3. The lowest BCUT2D eigenvalue weighted by Crippen LogP contribution is -2.30. The maximum absolute atomic E-state index is 12.8. The standard InChI is InChI=1S/C52H94O6/c1-4-7-10-13-16-19-21-23-25-27-28-30-33-36-39-42-45-51(54)57-48-49(47-56-50(53)44-41-38-35-32-18-15-12-9-6-3)58-52(55)46-43-40-37-34-31-29-26-24-22-20-17-14-11-8-5-2/h9,12,18,25,27,32,49H,4-8,10-11,13-17,19-24,26,28-31,33-48H2,1-3H3/b12-9-,27-25-,32-18-. The summed E-state index contributed by atoms with van der Waals surface area (Å²) in [5.74, 6) is -0.922. The van der Waals surface area contributed by atoms with Crippen LogP contribution in [-0.2, 0) is 28.6 Å². The highest BCUT2D eigenvalue weighted by atomic mass is 16.6. The molecule has 1 unspecified atom stereocenters. The van der Waals surface area contributed by atoms with E-state index in [9.17, 15) is 14.4 Å². The fraction of sp³-hybridized carbons (Fsp3) is 0.827. The summed E-state index contributed by atoms with van der Waals surface area (Å²) in [6, 6.07) is 0. The van der Waals surface area contributed by atoms with Crippen LogP contribution in [0.3, 0.4) is 0 Å². The molecule has 0 aliphatic rings. The number of rotatable bonds is 45. The minimum atomic E-state index is -0.783. The van der Waals surface area contributed by atoms with Crippen LogP contribution in [0.15, 0.2) is 36.5 Å². The third kappa shape index (κ3) is 44.7. The van der Waals surface area contributed by atoms with Crippen molar-refractivity contribution >= 4 is 17.9 Å². The van der Waals surface area contributed by atoms with Crippen LogP contribution >= 0.6 is 0 Å². The van der Waals surface area contributed by atoms with Gasteiger partial charge in [-0.15, -0.1) is 0 Å². The summed E-state index contributed by atoms with van der Waals surface area (Å²) in [5, 5.41) is 0. The first kappa shape index (κ1) is 55.6. The Morgan fingerprint density at radius 1 is 0.362 bits per heavy atom. The topological polar surface area (TPSA) is 78.9 Å². The van der Waals surface area contributed by atoms with Crippen molar-refractivity contribution in [2.75, 3.05) is 13.2 Å². The highest BCUT2D eigenvalue weighted by Gasteiger charge is 2.19. The van der Waals surface area contributed by atoms with Gasteiger partial charge in [-0.25, -0.2) is 0 Å². The van der Waals surface area contributed by atoms with E-state index >= 15 is 0 Å². The van der Waals surface area contributed by atoms with E-state index in [1.165, 1.54) is 141 Å². The first-order valence-electron chi connectivity index (χ1n) is 25.0. The van der Waals surface area contributed by atoms with Crippen molar-refractivity contribution in [1.29, 1.82) is 0 Å². The fourth-order valence-electron chi connectivity index (χ4n) is 7.12. The third-order valence-corrected chi connectivity index (χ3v) is 10.9. The first-order valence-corrected chi connectivity index (χ1v) is 25.0. The molecule has 0 aromatic heterocycles. The van der Waals surface area contributed by atoms with Gasteiger partial charge < -0.3 is 14.2 Å². The molecular formula is C52H94O6. The molecule has 0 N–H and O–H groups in total. The van der Waals surface area contributed by atoms with Crippen molar-refractivity contribution in [3.8, 4) is 0 Å². The quantitative estimate of drug-likeness (QED) is 0.0264. The highest BCUT2D eigenvalue weighted by Crippen LogP contribution is 2.15. The number of hydrogen-bond donors (Lipinski definition) is 0. The van der Waals surface area contributed by atoms with Gasteiger partial charge in [-0.05, 0) is 70.6 Å². The second kappa shape index (κ2) is 47.3. The zero-order chi connectivity index (χ0) is 42.3. The Morgan fingerprint density at radius 3 is 1.09 bits per heavy atom. The van der Waals surface area contributed by atoms with Gasteiger partial charge in [-0.2, -0.15) is 0 Å². The van der Waals surface area contributed by atoms with Crippen LogP contribution in [-0.4, -0.2) is 37.2 Å². The zero-order valence-electron chi connectivity index (χ0n) is 38.6. The van der Waals surface area contributed by atoms with Crippen LogP contribution in [0.2, 0.25) is 0 Å². The van der Waals surface area contributed by atoms with E-state index in [1.54, 1.807) is 0 Å². The Labute approximate surface area is 359 Å². The predicted octanol–water partition coefficient (Wildman–Crippen LogP) is 16.1. The molecule has 6 nitrogen and oxygen atoms in total. The van der Waals surface area contributed by atoms with Gasteiger partial charge in [-0.1, -0.05) is 205 Å². The summed E-state index contributed by atoms with van der Waals surface area (Å²) in [4.78, 5) is 37.8. The lowest BCUT2D eigenvalue weighted by molar-refractivity contribution is -0.167. The molecule has 0 heterocycles. The van der Waals surface area contributed by atoms with Crippen LogP contribution in [0.1, 0.15) is 258 Å². The van der Waals surface area contributed by atoms with Crippen LogP contribution in [0, 0.1) is 0 Å². The minimum Gasteiger partial charge on any atom is -0.462 e.